The fourth-order valence-electron chi connectivity index (χ4n) is 5.39. The summed E-state index contributed by atoms with van der Waals surface area (Å²) in [6, 6.07) is 12.4. The van der Waals surface area contributed by atoms with Crippen molar-refractivity contribution in [1.29, 1.82) is 0 Å². The van der Waals surface area contributed by atoms with Crippen LogP contribution in [0.25, 0.3) is 0 Å². The van der Waals surface area contributed by atoms with Gasteiger partial charge >= 0.3 is 196 Å². The maximum atomic E-state index is 13.1. The van der Waals surface area contributed by atoms with Gasteiger partial charge in [-0.25, -0.2) is 0 Å². The molecule has 1 fully saturated rings. The first-order valence-corrected chi connectivity index (χ1v) is 14.2. The molecule has 1 aliphatic rings. The molecule has 3 rings (SSSR count). The van der Waals surface area contributed by atoms with Crippen molar-refractivity contribution < 1.29 is 9.79 Å². The van der Waals surface area contributed by atoms with E-state index in [1.807, 2.05) is 24.3 Å². The Labute approximate surface area is 195 Å². The summed E-state index contributed by atoms with van der Waals surface area (Å²) in [6.45, 7) is 21.5. The van der Waals surface area contributed by atoms with E-state index in [9.17, 15) is 9.79 Å². The van der Waals surface area contributed by atoms with E-state index in [0.717, 1.165) is 64.1 Å². The van der Waals surface area contributed by atoms with E-state index in [1.165, 1.54) is 0 Å². The summed E-state index contributed by atoms with van der Waals surface area (Å²) in [6.07, 6.45) is 3.69. The van der Waals surface area contributed by atoms with Crippen LogP contribution in [0.3, 0.4) is 0 Å². The Kier molecular flexibility index (Phi) is 6.36. The number of allylic oxidation sites excluding steroid dienone is 1. The first-order chi connectivity index (χ1) is 14.6. The van der Waals surface area contributed by atoms with Gasteiger partial charge in [-0.2, -0.15) is 0 Å². The van der Waals surface area contributed by atoms with Crippen LogP contribution in [0.2, 0.25) is 0 Å². The van der Waals surface area contributed by atoms with Gasteiger partial charge in [0.1, 0.15) is 0 Å². The summed E-state index contributed by atoms with van der Waals surface area (Å²) in [5.41, 5.74) is 4.52. The Morgan fingerprint density at radius 3 is 1.59 bits per heavy atom. The first-order valence-electron chi connectivity index (χ1n) is 12.0. The average Bonchev–Trinajstić information content (AvgIpc) is 2.66. The third-order valence-electron chi connectivity index (χ3n) is 7.16. The second kappa shape index (κ2) is 8.08. The van der Waals surface area contributed by atoms with Gasteiger partial charge in [0.15, 0.2) is 0 Å². The molecule has 0 amide bonds. The Morgan fingerprint density at radius 1 is 0.781 bits per heavy atom. The Bertz CT molecular complexity index is 967. The molecule has 1 saturated carbocycles. The van der Waals surface area contributed by atoms with E-state index in [2.05, 4.69) is 74.1 Å². The van der Waals surface area contributed by atoms with Gasteiger partial charge in [0, 0.05) is 0 Å². The molecule has 0 heterocycles. The molecule has 176 valence electrons. The van der Waals surface area contributed by atoms with Crippen LogP contribution in [-0.4, -0.2) is 15.4 Å². The molecule has 2 aromatic carbocycles. The first kappa shape index (κ1) is 25.2. The molecule has 0 saturated heterocycles. The van der Waals surface area contributed by atoms with Crippen LogP contribution in [0.4, 0.5) is 0 Å². The summed E-state index contributed by atoms with van der Waals surface area (Å²) in [7, 11) is -4.64. The zero-order valence-electron chi connectivity index (χ0n) is 21.4. The molecule has 3 heteroatoms. The molecular formula is C29H43O2P. The SMILES string of the molecule is C=C1CCCCC1P(O)(O)(c1ccc(C)cc1C(C)(C)C)c1ccc(C)cc1C(C)(C)C. The van der Waals surface area contributed by atoms with E-state index in [4.69, 9.17) is 0 Å². The van der Waals surface area contributed by atoms with Gasteiger partial charge in [-0.1, -0.05) is 0 Å². The minimum absolute atomic E-state index is 0.224. The number of hydrogen-bond acceptors (Lipinski definition) is 2. The molecule has 0 spiro atoms. The van der Waals surface area contributed by atoms with Crippen LogP contribution in [0.1, 0.15) is 89.5 Å². The molecular weight excluding hydrogens is 411 g/mol. The zero-order valence-corrected chi connectivity index (χ0v) is 22.3. The predicted molar refractivity (Wildman–Crippen MR) is 142 cm³/mol. The summed E-state index contributed by atoms with van der Waals surface area (Å²) in [4.78, 5) is 26.2. The Morgan fingerprint density at radius 2 is 1.22 bits per heavy atom. The molecule has 2 aromatic rings. The molecule has 0 aromatic heterocycles. The summed E-state index contributed by atoms with van der Waals surface area (Å²) in [5.74, 6) is 0. The molecule has 32 heavy (non-hydrogen) atoms. The monoisotopic (exact) mass is 454 g/mol. The summed E-state index contributed by atoms with van der Waals surface area (Å²) < 4.78 is 0. The summed E-state index contributed by atoms with van der Waals surface area (Å²) in [5, 5.41) is 1.44. The third-order valence-corrected chi connectivity index (χ3v) is 11.6. The topological polar surface area (TPSA) is 40.5 Å². The summed E-state index contributed by atoms with van der Waals surface area (Å²) >= 11 is 0. The van der Waals surface area contributed by atoms with Crippen molar-refractivity contribution in [3.05, 3.63) is 70.8 Å². The van der Waals surface area contributed by atoms with Crippen LogP contribution >= 0.6 is 7.06 Å². The van der Waals surface area contributed by atoms with Gasteiger partial charge in [-0.3, -0.25) is 0 Å². The minimum atomic E-state index is -4.64. The Hall–Kier alpha value is -1.47. The van der Waals surface area contributed by atoms with Gasteiger partial charge in [0.05, 0.1) is 0 Å². The van der Waals surface area contributed by atoms with Crippen LogP contribution < -0.4 is 10.6 Å². The second-order valence-corrected chi connectivity index (χ2v) is 15.8. The molecule has 0 aliphatic heterocycles. The Balaban J connectivity index is 2.52. The second-order valence-electron chi connectivity index (χ2n) is 12.1. The number of hydrogen-bond donors (Lipinski definition) is 2. The average molecular weight is 455 g/mol. The van der Waals surface area contributed by atoms with Crippen LogP contribution in [0.5, 0.6) is 0 Å². The number of aryl methyl sites for hydroxylation is 2. The fraction of sp³-hybridized carbons (Fsp3) is 0.517. The molecule has 1 atom stereocenters. The number of benzene rings is 2. The number of rotatable bonds is 3. The van der Waals surface area contributed by atoms with Crippen LogP contribution in [0.15, 0.2) is 48.6 Å². The molecule has 2 N–H and O–H groups in total. The van der Waals surface area contributed by atoms with Gasteiger partial charge in [-0.05, 0) is 0 Å². The van der Waals surface area contributed by atoms with Crippen molar-refractivity contribution in [2.75, 3.05) is 0 Å². The quantitative estimate of drug-likeness (QED) is 0.399. The van der Waals surface area contributed by atoms with E-state index >= 15 is 0 Å². The van der Waals surface area contributed by atoms with E-state index in [1.54, 1.807) is 0 Å². The van der Waals surface area contributed by atoms with Crippen molar-refractivity contribution in [2.24, 2.45) is 0 Å². The molecule has 0 radical (unpaired) electrons. The predicted octanol–water partition coefficient (Wildman–Crippen LogP) is 6.72. The van der Waals surface area contributed by atoms with Crippen molar-refractivity contribution in [1.82, 2.24) is 0 Å². The van der Waals surface area contributed by atoms with Gasteiger partial charge < -0.3 is 0 Å². The van der Waals surface area contributed by atoms with Crippen LogP contribution in [-0.2, 0) is 10.8 Å². The van der Waals surface area contributed by atoms with E-state index < -0.39 is 7.06 Å². The maximum absolute atomic E-state index is 13.1. The normalized spacial score (nSPS) is 19.5. The van der Waals surface area contributed by atoms with Crippen molar-refractivity contribution in [2.45, 2.75) is 97.6 Å². The van der Waals surface area contributed by atoms with E-state index in [0.29, 0.717) is 0 Å². The molecule has 1 unspecified atom stereocenters. The van der Waals surface area contributed by atoms with Gasteiger partial charge in [0.25, 0.3) is 0 Å². The van der Waals surface area contributed by atoms with Crippen molar-refractivity contribution in [3.8, 4) is 0 Å². The standard InChI is InChI=1S/C29H43O2P/c1-20-14-16-26(23(18-20)28(4,5)6)32(30,31,25-13-11-10-12-22(25)3)27-17-15-21(2)19-24(27)29(7,8)9/h14-19,25,30-31H,3,10-13H2,1-2,4-9H3. The molecule has 0 bridgehead atoms. The zero-order chi connectivity index (χ0) is 24.1. The van der Waals surface area contributed by atoms with Gasteiger partial charge in [0.2, 0.25) is 0 Å². The fourth-order valence-corrected chi connectivity index (χ4v) is 10.3. The molecule has 1 aliphatic carbocycles. The van der Waals surface area contributed by atoms with Crippen molar-refractivity contribution in [3.63, 3.8) is 0 Å². The molecule has 2 nitrogen and oxygen atoms in total. The third kappa shape index (κ3) is 4.23. The van der Waals surface area contributed by atoms with Gasteiger partial charge in [-0.15, -0.1) is 0 Å². The van der Waals surface area contributed by atoms with Crippen molar-refractivity contribution >= 4 is 17.7 Å². The van der Waals surface area contributed by atoms with E-state index in [-0.39, 0.29) is 16.5 Å². The van der Waals surface area contributed by atoms with Crippen LogP contribution in [0, 0.1) is 13.8 Å².